The minimum absolute atomic E-state index is 0.166. The van der Waals surface area contributed by atoms with Crippen LogP contribution in [0.2, 0.25) is 0 Å². The number of rotatable bonds is 8. The number of methoxy groups -OCH3 is 1. The van der Waals surface area contributed by atoms with Gasteiger partial charge >= 0.3 is 12.6 Å². The fourth-order valence-electron chi connectivity index (χ4n) is 1.79. The first-order valence-electron chi connectivity index (χ1n) is 6.38. The molecular weight excluding hydrogens is 268 g/mol. The zero-order chi connectivity index (χ0) is 15.0. The third-order valence-corrected chi connectivity index (χ3v) is 2.89. The molecule has 6 heteroatoms. The highest BCUT2D eigenvalue weighted by molar-refractivity contribution is 5.69. The van der Waals surface area contributed by atoms with Crippen molar-refractivity contribution >= 4 is 5.97 Å². The second kappa shape index (κ2) is 8.47. The molecule has 0 saturated heterocycles. The molecule has 20 heavy (non-hydrogen) atoms. The molecule has 0 amide bonds. The number of carbonyl (C=O) groups is 1. The van der Waals surface area contributed by atoms with E-state index in [1.807, 2.05) is 11.8 Å². The van der Waals surface area contributed by atoms with E-state index >= 15 is 0 Å². The van der Waals surface area contributed by atoms with Crippen LogP contribution >= 0.6 is 0 Å². The summed E-state index contributed by atoms with van der Waals surface area (Å²) in [5.41, 5.74) is 0.666. The van der Waals surface area contributed by atoms with E-state index < -0.39 is 6.61 Å². The van der Waals surface area contributed by atoms with Crippen molar-refractivity contribution in [1.82, 2.24) is 4.90 Å². The van der Waals surface area contributed by atoms with E-state index in [4.69, 9.17) is 0 Å². The highest BCUT2D eigenvalue weighted by Crippen LogP contribution is 2.21. The standard InChI is InChI=1S/C14H19F2NO3/c1-3-17(9-8-13(18)19-2)10-11-6-4-5-7-12(11)20-14(15)16/h4-7,14H,3,8-10H2,1-2H3. The highest BCUT2D eigenvalue weighted by Gasteiger charge is 2.13. The summed E-state index contributed by atoms with van der Waals surface area (Å²) in [5.74, 6) is -0.125. The summed E-state index contributed by atoms with van der Waals surface area (Å²) in [4.78, 5) is 13.1. The molecule has 112 valence electrons. The lowest BCUT2D eigenvalue weighted by Crippen LogP contribution is -2.26. The monoisotopic (exact) mass is 287 g/mol. The molecular formula is C14H19F2NO3. The van der Waals surface area contributed by atoms with Gasteiger partial charge in [-0.15, -0.1) is 0 Å². The van der Waals surface area contributed by atoms with Gasteiger partial charge in [0.2, 0.25) is 0 Å². The van der Waals surface area contributed by atoms with Gasteiger partial charge in [-0.2, -0.15) is 8.78 Å². The molecule has 1 aromatic rings. The molecule has 0 saturated carbocycles. The maximum absolute atomic E-state index is 12.3. The zero-order valence-electron chi connectivity index (χ0n) is 11.6. The quantitative estimate of drug-likeness (QED) is 0.689. The molecule has 0 unspecified atom stereocenters. The van der Waals surface area contributed by atoms with Gasteiger partial charge in [-0.25, -0.2) is 0 Å². The summed E-state index contributed by atoms with van der Waals surface area (Å²) in [6.07, 6.45) is 0.266. The van der Waals surface area contributed by atoms with Crippen LogP contribution < -0.4 is 4.74 Å². The number of esters is 1. The zero-order valence-corrected chi connectivity index (χ0v) is 11.6. The number of nitrogens with zero attached hydrogens (tertiary/aromatic N) is 1. The normalized spacial score (nSPS) is 10.9. The number of hydrogen-bond acceptors (Lipinski definition) is 4. The predicted molar refractivity (Wildman–Crippen MR) is 70.7 cm³/mol. The summed E-state index contributed by atoms with van der Waals surface area (Å²) < 4.78 is 33.7. The van der Waals surface area contributed by atoms with E-state index in [2.05, 4.69) is 9.47 Å². The van der Waals surface area contributed by atoms with Gasteiger partial charge in [0.25, 0.3) is 0 Å². The molecule has 0 atom stereocenters. The van der Waals surface area contributed by atoms with Gasteiger partial charge in [0, 0.05) is 18.7 Å². The Morgan fingerprint density at radius 3 is 2.65 bits per heavy atom. The SMILES string of the molecule is CCN(CCC(=O)OC)Cc1ccccc1OC(F)F. The largest absolute Gasteiger partial charge is 0.469 e. The summed E-state index contributed by atoms with van der Waals surface area (Å²) in [6, 6.07) is 6.65. The molecule has 0 aliphatic heterocycles. The average Bonchev–Trinajstić information content (AvgIpc) is 2.44. The van der Waals surface area contributed by atoms with Gasteiger partial charge in [0.15, 0.2) is 0 Å². The van der Waals surface area contributed by atoms with Crippen molar-refractivity contribution < 1.29 is 23.0 Å². The van der Waals surface area contributed by atoms with Crippen molar-refractivity contribution in [1.29, 1.82) is 0 Å². The second-order valence-electron chi connectivity index (χ2n) is 4.18. The summed E-state index contributed by atoms with van der Waals surface area (Å²) in [7, 11) is 1.34. The van der Waals surface area contributed by atoms with Crippen LogP contribution in [-0.2, 0) is 16.1 Å². The lowest BCUT2D eigenvalue weighted by atomic mass is 10.2. The van der Waals surface area contributed by atoms with Crippen LogP contribution in [0.4, 0.5) is 8.78 Å². The van der Waals surface area contributed by atoms with Crippen LogP contribution in [0.15, 0.2) is 24.3 Å². The molecule has 1 aromatic carbocycles. The van der Waals surface area contributed by atoms with Crippen molar-refractivity contribution in [3.63, 3.8) is 0 Å². The van der Waals surface area contributed by atoms with Gasteiger partial charge < -0.3 is 9.47 Å². The molecule has 0 radical (unpaired) electrons. The van der Waals surface area contributed by atoms with Gasteiger partial charge in [-0.1, -0.05) is 25.1 Å². The van der Waals surface area contributed by atoms with E-state index in [9.17, 15) is 13.6 Å². The lowest BCUT2D eigenvalue weighted by molar-refractivity contribution is -0.141. The number of halogens is 2. The Labute approximate surface area is 117 Å². The molecule has 0 aliphatic carbocycles. The Bertz CT molecular complexity index is 427. The molecule has 0 aromatic heterocycles. The van der Waals surface area contributed by atoms with Gasteiger partial charge in [0.05, 0.1) is 13.5 Å². The van der Waals surface area contributed by atoms with Crippen LogP contribution in [0.3, 0.4) is 0 Å². The summed E-state index contributed by atoms with van der Waals surface area (Å²) in [6.45, 7) is 0.734. The van der Waals surface area contributed by atoms with Crippen LogP contribution in [0.1, 0.15) is 18.9 Å². The maximum atomic E-state index is 12.3. The van der Waals surface area contributed by atoms with Crippen molar-refractivity contribution in [3.8, 4) is 5.75 Å². The first-order valence-corrected chi connectivity index (χ1v) is 6.38. The van der Waals surface area contributed by atoms with Gasteiger partial charge in [-0.3, -0.25) is 9.69 Å². The Hall–Kier alpha value is -1.69. The molecule has 0 heterocycles. The van der Waals surface area contributed by atoms with Crippen molar-refractivity contribution in [2.45, 2.75) is 26.5 Å². The molecule has 4 nitrogen and oxygen atoms in total. The van der Waals surface area contributed by atoms with Gasteiger partial charge in [-0.05, 0) is 12.6 Å². The molecule has 0 fully saturated rings. The van der Waals surface area contributed by atoms with Crippen molar-refractivity contribution in [2.24, 2.45) is 0 Å². The van der Waals surface area contributed by atoms with E-state index in [0.29, 0.717) is 25.2 Å². The lowest BCUT2D eigenvalue weighted by Gasteiger charge is -2.21. The summed E-state index contributed by atoms with van der Waals surface area (Å²) in [5, 5.41) is 0. The third kappa shape index (κ3) is 5.52. The number of benzene rings is 1. The first-order chi connectivity index (χ1) is 9.56. The number of alkyl halides is 2. The molecule has 0 bridgehead atoms. The minimum Gasteiger partial charge on any atom is -0.469 e. The third-order valence-electron chi connectivity index (χ3n) is 2.89. The van der Waals surface area contributed by atoms with Crippen LogP contribution in [-0.4, -0.2) is 37.7 Å². The van der Waals surface area contributed by atoms with E-state index in [1.54, 1.807) is 18.2 Å². The maximum Gasteiger partial charge on any atom is 0.387 e. The second-order valence-corrected chi connectivity index (χ2v) is 4.18. The van der Waals surface area contributed by atoms with E-state index in [-0.39, 0.29) is 18.1 Å². The van der Waals surface area contributed by atoms with E-state index in [1.165, 1.54) is 13.2 Å². The Kier molecular flexibility index (Phi) is 6.93. The fourth-order valence-corrected chi connectivity index (χ4v) is 1.79. The Balaban J connectivity index is 2.66. The van der Waals surface area contributed by atoms with Crippen molar-refractivity contribution in [2.75, 3.05) is 20.2 Å². The highest BCUT2D eigenvalue weighted by atomic mass is 19.3. The van der Waals surface area contributed by atoms with Crippen LogP contribution in [0.5, 0.6) is 5.75 Å². The molecule has 1 rings (SSSR count). The van der Waals surface area contributed by atoms with Crippen LogP contribution in [0, 0.1) is 0 Å². The number of para-hydroxylation sites is 1. The first kappa shape index (κ1) is 16.4. The Morgan fingerprint density at radius 1 is 1.35 bits per heavy atom. The number of ether oxygens (including phenoxy) is 2. The topological polar surface area (TPSA) is 38.8 Å². The predicted octanol–water partition coefficient (Wildman–Crippen LogP) is 2.67. The smallest absolute Gasteiger partial charge is 0.387 e. The fraction of sp³-hybridized carbons (Fsp3) is 0.500. The van der Waals surface area contributed by atoms with Gasteiger partial charge in [0.1, 0.15) is 5.75 Å². The molecule has 0 spiro atoms. The molecule has 0 N–H and O–H groups in total. The number of carbonyl (C=O) groups excluding carboxylic acids is 1. The number of hydrogen-bond donors (Lipinski definition) is 0. The average molecular weight is 287 g/mol. The Morgan fingerprint density at radius 2 is 2.05 bits per heavy atom. The van der Waals surface area contributed by atoms with Crippen molar-refractivity contribution in [3.05, 3.63) is 29.8 Å². The minimum atomic E-state index is -2.85. The summed E-state index contributed by atoms with van der Waals surface area (Å²) >= 11 is 0. The molecule has 0 aliphatic rings. The van der Waals surface area contributed by atoms with E-state index in [0.717, 1.165) is 0 Å². The van der Waals surface area contributed by atoms with Crippen LogP contribution in [0.25, 0.3) is 0 Å².